The van der Waals surface area contributed by atoms with Crippen LogP contribution in [0.15, 0.2) is 24.3 Å². The molecule has 0 aliphatic heterocycles. The van der Waals surface area contributed by atoms with Gasteiger partial charge in [-0.3, -0.25) is 4.79 Å². The van der Waals surface area contributed by atoms with E-state index in [1.165, 1.54) is 0 Å². The van der Waals surface area contributed by atoms with Crippen molar-refractivity contribution in [3.63, 3.8) is 0 Å². The van der Waals surface area contributed by atoms with Crippen LogP contribution >= 0.6 is 11.6 Å². The molecule has 98 valence electrons. The average molecular weight is 269 g/mol. The lowest BCUT2D eigenvalue weighted by Crippen LogP contribution is -2.36. The first-order chi connectivity index (χ1) is 8.66. The highest BCUT2D eigenvalue weighted by molar-refractivity contribution is 6.31. The van der Waals surface area contributed by atoms with Gasteiger partial charge in [-0.2, -0.15) is 0 Å². The summed E-state index contributed by atoms with van der Waals surface area (Å²) in [5, 5.41) is 16.3. The second-order valence-corrected chi connectivity index (χ2v) is 4.92. The molecule has 1 aromatic carbocycles. The SMILES string of the molecule is O=C(CNCC(O)c1ccccc1Cl)NC1CC1. The number of rotatable bonds is 6. The minimum atomic E-state index is -0.701. The van der Waals surface area contributed by atoms with Gasteiger partial charge in [0.15, 0.2) is 0 Å². The van der Waals surface area contributed by atoms with E-state index in [2.05, 4.69) is 10.6 Å². The van der Waals surface area contributed by atoms with Crippen LogP contribution in [-0.2, 0) is 4.79 Å². The number of halogens is 1. The number of hydrogen-bond acceptors (Lipinski definition) is 3. The number of aliphatic hydroxyl groups is 1. The highest BCUT2D eigenvalue weighted by Gasteiger charge is 2.22. The van der Waals surface area contributed by atoms with Crippen LogP contribution in [0.25, 0.3) is 0 Å². The Morgan fingerprint density at radius 1 is 1.44 bits per heavy atom. The normalized spacial score (nSPS) is 16.3. The smallest absolute Gasteiger partial charge is 0.234 e. The van der Waals surface area contributed by atoms with E-state index in [1.807, 2.05) is 12.1 Å². The second-order valence-electron chi connectivity index (χ2n) is 4.51. The van der Waals surface area contributed by atoms with Crippen LogP contribution in [0, 0.1) is 0 Å². The highest BCUT2D eigenvalue weighted by atomic mass is 35.5. The Morgan fingerprint density at radius 2 is 2.17 bits per heavy atom. The maximum atomic E-state index is 11.4. The molecule has 1 amide bonds. The largest absolute Gasteiger partial charge is 0.387 e. The van der Waals surface area contributed by atoms with E-state index < -0.39 is 6.10 Å². The van der Waals surface area contributed by atoms with Crippen molar-refractivity contribution in [3.05, 3.63) is 34.9 Å². The molecule has 1 fully saturated rings. The Morgan fingerprint density at radius 3 is 2.83 bits per heavy atom. The minimum absolute atomic E-state index is 0.0242. The van der Waals surface area contributed by atoms with Gasteiger partial charge in [-0.25, -0.2) is 0 Å². The van der Waals surface area contributed by atoms with Crippen LogP contribution in [0.2, 0.25) is 5.02 Å². The molecular formula is C13H17ClN2O2. The lowest BCUT2D eigenvalue weighted by molar-refractivity contribution is -0.120. The van der Waals surface area contributed by atoms with Crippen LogP contribution in [0.1, 0.15) is 24.5 Å². The fourth-order valence-electron chi connectivity index (χ4n) is 1.68. The molecular weight excluding hydrogens is 252 g/mol. The van der Waals surface area contributed by atoms with Crippen molar-refractivity contribution < 1.29 is 9.90 Å². The summed E-state index contributed by atoms with van der Waals surface area (Å²) >= 11 is 5.97. The molecule has 0 spiro atoms. The molecule has 1 aromatic rings. The standard InChI is InChI=1S/C13H17ClN2O2/c14-11-4-2-1-3-10(11)12(17)7-15-8-13(18)16-9-5-6-9/h1-4,9,12,15,17H,5-8H2,(H,16,18). The van der Waals surface area contributed by atoms with Crippen molar-refractivity contribution in [1.82, 2.24) is 10.6 Å². The first-order valence-electron chi connectivity index (χ1n) is 6.09. The second kappa shape index (κ2) is 6.18. The van der Waals surface area contributed by atoms with Gasteiger partial charge in [-0.15, -0.1) is 0 Å². The van der Waals surface area contributed by atoms with Crippen molar-refractivity contribution in [2.75, 3.05) is 13.1 Å². The zero-order chi connectivity index (χ0) is 13.0. The fraction of sp³-hybridized carbons (Fsp3) is 0.462. The van der Waals surface area contributed by atoms with Crippen molar-refractivity contribution in [3.8, 4) is 0 Å². The quantitative estimate of drug-likeness (QED) is 0.728. The Kier molecular flexibility index (Phi) is 4.58. The van der Waals surface area contributed by atoms with Gasteiger partial charge in [-0.05, 0) is 18.9 Å². The van der Waals surface area contributed by atoms with Crippen LogP contribution < -0.4 is 10.6 Å². The summed E-state index contributed by atoms with van der Waals surface area (Å²) < 4.78 is 0. The molecule has 5 heteroatoms. The number of carbonyl (C=O) groups excluding carboxylic acids is 1. The summed E-state index contributed by atoms with van der Waals surface area (Å²) in [5.41, 5.74) is 0.675. The predicted molar refractivity (Wildman–Crippen MR) is 70.4 cm³/mol. The molecule has 1 aliphatic rings. The van der Waals surface area contributed by atoms with E-state index in [-0.39, 0.29) is 12.5 Å². The maximum absolute atomic E-state index is 11.4. The van der Waals surface area contributed by atoms with Gasteiger partial charge >= 0.3 is 0 Å². The van der Waals surface area contributed by atoms with Crippen LogP contribution in [0.4, 0.5) is 0 Å². The minimum Gasteiger partial charge on any atom is -0.387 e. The van der Waals surface area contributed by atoms with Crippen LogP contribution in [0.3, 0.4) is 0 Å². The third-order valence-corrected chi connectivity index (χ3v) is 3.17. The zero-order valence-electron chi connectivity index (χ0n) is 10.0. The lowest BCUT2D eigenvalue weighted by atomic mass is 10.1. The first kappa shape index (κ1) is 13.3. The summed E-state index contributed by atoms with van der Waals surface area (Å²) in [5.74, 6) is -0.0242. The van der Waals surface area contributed by atoms with Crippen molar-refractivity contribution in [2.45, 2.75) is 25.0 Å². The molecule has 0 radical (unpaired) electrons. The van der Waals surface area contributed by atoms with Gasteiger partial charge in [-0.1, -0.05) is 29.8 Å². The summed E-state index contributed by atoms with van der Waals surface area (Å²) in [6.45, 7) is 0.528. The fourth-order valence-corrected chi connectivity index (χ4v) is 1.95. The molecule has 1 saturated carbocycles. The molecule has 0 heterocycles. The number of nitrogens with one attached hydrogen (secondary N) is 2. The summed E-state index contributed by atoms with van der Waals surface area (Å²) in [6, 6.07) is 7.52. The molecule has 3 N–H and O–H groups in total. The molecule has 1 atom stereocenters. The average Bonchev–Trinajstić information content (AvgIpc) is 3.13. The Bertz CT molecular complexity index is 421. The van der Waals surface area contributed by atoms with Crippen LogP contribution in [-0.4, -0.2) is 30.1 Å². The van der Waals surface area contributed by atoms with E-state index >= 15 is 0 Å². The maximum Gasteiger partial charge on any atom is 0.234 e. The van der Waals surface area contributed by atoms with Gasteiger partial charge in [0.1, 0.15) is 0 Å². The number of carbonyl (C=O) groups is 1. The topological polar surface area (TPSA) is 61.4 Å². The van der Waals surface area contributed by atoms with Gasteiger partial charge < -0.3 is 15.7 Å². The molecule has 4 nitrogen and oxygen atoms in total. The number of benzene rings is 1. The van der Waals surface area contributed by atoms with Gasteiger partial charge in [0.25, 0.3) is 0 Å². The Hall–Kier alpha value is -1.10. The molecule has 0 saturated heterocycles. The number of aliphatic hydroxyl groups excluding tert-OH is 1. The first-order valence-corrected chi connectivity index (χ1v) is 6.47. The molecule has 1 aliphatic carbocycles. The molecule has 2 rings (SSSR count). The molecule has 0 aromatic heterocycles. The van der Waals surface area contributed by atoms with Crippen molar-refractivity contribution >= 4 is 17.5 Å². The van der Waals surface area contributed by atoms with Crippen molar-refractivity contribution in [1.29, 1.82) is 0 Å². The van der Waals surface area contributed by atoms with E-state index in [0.717, 1.165) is 12.8 Å². The Labute approximate surface area is 111 Å². The van der Waals surface area contributed by atoms with Gasteiger partial charge in [0, 0.05) is 23.2 Å². The van der Waals surface area contributed by atoms with Gasteiger partial charge in [0.05, 0.1) is 12.6 Å². The summed E-state index contributed by atoms with van der Waals surface area (Å²) in [7, 11) is 0. The van der Waals surface area contributed by atoms with Crippen LogP contribution in [0.5, 0.6) is 0 Å². The number of amides is 1. The van der Waals surface area contributed by atoms with Crippen molar-refractivity contribution in [2.24, 2.45) is 0 Å². The third-order valence-electron chi connectivity index (χ3n) is 2.83. The predicted octanol–water partition coefficient (Wildman–Crippen LogP) is 1.24. The molecule has 18 heavy (non-hydrogen) atoms. The monoisotopic (exact) mass is 268 g/mol. The third kappa shape index (κ3) is 3.98. The molecule has 1 unspecified atom stereocenters. The lowest BCUT2D eigenvalue weighted by Gasteiger charge is -2.13. The van der Waals surface area contributed by atoms with E-state index in [9.17, 15) is 9.90 Å². The van der Waals surface area contributed by atoms with E-state index in [4.69, 9.17) is 11.6 Å². The summed E-state index contributed by atoms with van der Waals surface area (Å²) in [4.78, 5) is 11.4. The highest BCUT2D eigenvalue weighted by Crippen LogP contribution is 2.21. The van der Waals surface area contributed by atoms with Gasteiger partial charge in [0.2, 0.25) is 5.91 Å². The zero-order valence-corrected chi connectivity index (χ0v) is 10.8. The Balaban J connectivity index is 1.72. The molecule has 0 bridgehead atoms. The van der Waals surface area contributed by atoms with E-state index in [1.54, 1.807) is 12.1 Å². The number of hydrogen-bond donors (Lipinski definition) is 3. The van der Waals surface area contributed by atoms with E-state index in [0.29, 0.717) is 23.2 Å². The summed E-state index contributed by atoms with van der Waals surface area (Å²) in [6.07, 6.45) is 1.45.